The summed E-state index contributed by atoms with van der Waals surface area (Å²) in [6.45, 7) is 2.80. The van der Waals surface area contributed by atoms with Crippen molar-refractivity contribution < 1.29 is 14.3 Å². The summed E-state index contributed by atoms with van der Waals surface area (Å²) >= 11 is 0. The van der Waals surface area contributed by atoms with Crippen LogP contribution in [0.3, 0.4) is 0 Å². The van der Waals surface area contributed by atoms with E-state index in [1.54, 1.807) is 0 Å². The molecule has 0 amide bonds. The first kappa shape index (κ1) is 7.54. The largest absolute Gasteiger partial charge is 0.460 e. The molecule has 1 fully saturated rings. The fourth-order valence-corrected chi connectivity index (χ4v) is 1.04. The summed E-state index contributed by atoms with van der Waals surface area (Å²) in [5.74, 6) is -0.212. The van der Waals surface area contributed by atoms with Crippen LogP contribution in [-0.4, -0.2) is 25.3 Å². The van der Waals surface area contributed by atoms with E-state index in [9.17, 15) is 4.79 Å². The van der Waals surface area contributed by atoms with Gasteiger partial charge in [0.1, 0.15) is 6.10 Å². The van der Waals surface area contributed by atoms with E-state index < -0.39 is 0 Å². The maximum atomic E-state index is 10.4. The number of ether oxygens (including phenoxy) is 2. The van der Waals surface area contributed by atoms with E-state index in [0.29, 0.717) is 6.61 Å². The molecule has 0 aromatic carbocycles. The summed E-state index contributed by atoms with van der Waals surface area (Å²) in [7, 11) is 0. The van der Waals surface area contributed by atoms with Crippen molar-refractivity contribution in [1.29, 1.82) is 0 Å². The summed E-state index contributed by atoms with van der Waals surface area (Å²) in [5.41, 5.74) is 0. The van der Waals surface area contributed by atoms with E-state index in [2.05, 4.69) is 0 Å². The Hall–Kier alpha value is -0.570. The van der Waals surface area contributed by atoms with Crippen molar-refractivity contribution in [3.63, 3.8) is 0 Å². The van der Waals surface area contributed by atoms with Gasteiger partial charge in [0, 0.05) is 13.5 Å². The van der Waals surface area contributed by atoms with Crippen LogP contribution in [-0.2, 0) is 14.3 Å². The molecule has 0 bridgehead atoms. The molecule has 1 saturated heterocycles. The number of esters is 1. The first-order valence-corrected chi connectivity index (χ1v) is 3.54. The van der Waals surface area contributed by atoms with Gasteiger partial charge in [-0.15, -0.1) is 0 Å². The average molecular weight is 144 g/mol. The van der Waals surface area contributed by atoms with Gasteiger partial charge in [0.15, 0.2) is 0 Å². The molecule has 3 heteroatoms. The molecule has 58 valence electrons. The fraction of sp³-hybridized carbons (Fsp3) is 0.857. The van der Waals surface area contributed by atoms with Crippen molar-refractivity contribution in [2.75, 3.05) is 13.2 Å². The van der Waals surface area contributed by atoms with Gasteiger partial charge >= 0.3 is 5.97 Å². The van der Waals surface area contributed by atoms with Gasteiger partial charge in [0.05, 0.1) is 6.61 Å². The van der Waals surface area contributed by atoms with E-state index in [-0.39, 0.29) is 12.1 Å². The molecule has 1 atom stereocenters. The molecule has 0 unspecified atom stereocenters. The lowest BCUT2D eigenvalue weighted by atomic mass is 10.2. The summed E-state index contributed by atoms with van der Waals surface area (Å²) in [6, 6.07) is 0. The molecule has 1 aliphatic rings. The lowest BCUT2D eigenvalue weighted by Crippen LogP contribution is -2.26. The lowest BCUT2D eigenvalue weighted by molar-refractivity contribution is -0.152. The second kappa shape index (κ2) is 3.56. The van der Waals surface area contributed by atoms with Gasteiger partial charge in [-0.3, -0.25) is 4.79 Å². The van der Waals surface area contributed by atoms with E-state index >= 15 is 0 Å². The minimum absolute atomic E-state index is 0.00579. The van der Waals surface area contributed by atoms with Crippen molar-refractivity contribution in [1.82, 2.24) is 0 Å². The van der Waals surface area contributed by atoms with Gasteiger partial charge in [0.25, 0.3) is 0 Å². The summed E-state index contributed by atoms with van der Waals surface area (Å²) < 4.78 is 10.0. The molecule has 0 saturated carbocycles. The van der Waals surface area contributed by atoms with Crippen molar-refractivity contribution in [2.45, 2.75) is 25.9 Å². The monoisotopic (exact) mass is 144 g/mol. The Balaban J connectivity index is 2.19. The van der Waals surface area contributed by atoms with Crippen LogP contribution in [0.2, 0.25) is 0 Å². The highest BCUT2D eigenvalue weighted by molar-refractivity contribution is 5.66. The minimum atomic E-state index is -0.212. The second-order valence-electron chi connectivity index (χ2n) is 2.45. The molecule has 3 nitrogen and oxygen atoms in total. The molecule has 1 rings (SSSR count). The maximum absolute atomic E-state index is 10.4. The van der Waals surface area contributed by atoms with Crippen molar-refractivity contribution in [3.8, 4) is 0 Å². The highest BCUT2D eigenvalue weighted by Gasteiger charge is 2.15. The van der Waals surface area contributed by atoms with Gasteiger partial charge in [-0.1, -0.05) is 0 Å². The zero-order valence-corrected chi connectivity index (χ0v) is 6.13. The average Bonchev–Trinajstić information content (AvgIpc) is 1.88. The SMILES string of the molecule is CC(=O)O[C@H]1CCCOC1. The summed E-state index contributed by atoms with van der Waals surface area (Å²) in [4.78, 5) is 10.4. The zero-order chi connectivity index (χ0) is 7.40. The standard InChI is InChI=1S/C7H12O3/c1-6(8)10-7-3-2-4-9-5-7/h7H,2-5H2,1H3/t7-/m0/s1. The Labute approximate surface area is 60.3 Å². The summed E-state index contributed by atoms with van der Waals surface area (Å²) in [6.07, 6.45) is 1.95. The Morgan fingerprint density at radius 2 is 2.50 bits per heavy atom. The molecule has 10 heavy (non-hydrogen) atoms. The van der Waals surface area contributed by atoms with Crippen LogP contribution in [0.15, 0.2) is 0 Å². The molecule has 0 spiro atoms. The Morgan fingerprint density at radius 1 is 1.70 bits per heavy atom. The van der Waals surface area contributed by atoms with Crippen molar-refractivity contribution in [2.24, 2.45) is 0 Å². The van der Waals surface area contributed by atoms with Crippen LogP contribution in [0.1, 0.15) is 19.8 Å². The first-order valence-electron chi connectivity index (χ1n) is 3.54. The number of carbonyl (C=O) groups excluding carboxylic acids is 1. The number of hydrogen-bond acceptors (Lipinski definition) is 3. The minimum Gasteiger partial charge on any atom is -0.460 e. The van der Waals surface area contributed by atoms with Crippen LogP contribution in [0.5, 0.6) is 0 Å². The quantitative estimate of drug-likeness (QED) is 0.509. The van der Waals surface area contributed by atoms with Gasteiger partial charge in [-0.25, -0.2) is 0 Å². The predicted molar refractivity (Wildman–Crippen MR) is 35.6 cm³/mol. The van der Waals surface area contributed by atoms with Gasteiger partial charge in [0.2, 0.25) is 0 Å². The van der Waals surface area contributed by atoms with Crippen LogP contribution in [0, 0.1) is 0 Å². The van der Waals surface area contributed by atoms with E-state index in [1.165, 1.54) is 6.92 Å². The number of hydrogen-bond donors (Lipinski definition) is 0. The molecule has 0 N–H and O–H groups in total. The lowest BCUT2D eigenvalue weighted by Gasteiger charge is -2.21. The summed E-state index contributed by atoms with van der Waals surface area (Å²) in [5, 5.41) is 0. The van der Waals surface area contributed by atoms with E-state index in [0.717, 1.165) is 19.4 Å². The molecule has 1 aliphatic heterocycles. The molecule has 0 radical (unpaired) electrons. The Morgan fingerprint density at radius 3 is 3.00 bits per heavy atom. The Bertz CT molecular complexity index is 116. The molecule has 0 aliphatic carbocycles. The van der Waals surface area contributed by atoms with Crippen LogP contribution >= 0.6 is 0 Å². The Kier molecular flexibility index (Phi) is 2.68. The zero-order valence-electron chi connectivity index (χ0n) is 6.13. The third-order valence-corrected chi connectivity index (χ3v) is 1.45. The smallest absolute Gasteiger partial charge is 0.302 e. The number of rotatable bonds is 1. The topological polar surface area (TPSA) is 35.5 Å². The van der Waals surface area contributed by atoms with Crippen molar-refractivity contribution >= 4 is 5.97 Å². The predicted octanol–water partition coefficient (Wildman–Crippen LogP) is 0.728. The third kappa shape index (κ3) is 2.35. The van der Waals surface area contributed by atoms with Gasteiger partial charge in [-0.2, -0.15) is 0 Å². The first-order chi connectivity index (χ1) is 4.79. The van der Waals surface area contributed by atoms with Crippen LogP contribution in [0.4, 0.5) is 0 Å². The number of carbonyl (C=O) groups is 1. The maximum Gasteiger partial charge on any atom is 0.302 e. The molecular weight excluding hydrogens is 132 g/mol. The highest BCUT2D eigenvalue weighted by Crippen LogP contribution is 2.09. The van der Waals surface area contributed by atoms with E-state index in [1.807, 2.05) is 0 Å². The second-order valence-corrected chi connectivity index (χ2v) is 2.45. The van der Waals surface area contributed by atoms with E-state index in [4.69, 9.17) is 9.47 Å². The molecule has 0 aromatic heterocycles. The third-order valence-electron chi connectivity index (χ3n) is 1.45. The van der Waals surface area contributed by atoms with Gasteiger partial charge in [-0.05, 0) is 12.8 Å². The van der Waals surface area contributed by atoms with Crippen molar-refractivity contribution in [3.05, 3.63) is 0 Å². The molecule has 0 aromatic rings. The van der Waals surface area contributed by atoms with Gasteiger partial charge < -0.3 is 9.47 Å². The highest BCUT2D eigenvalue weighted by atomic mass is 16.6. The van der Waals surface area contributed by atoms with Crippen LogP contribution in [0.25, 0.3) is 0 Å². The molecule has 1 heterocycles. The van der Waals surface area contributed by atoms with Crippen LogP contribution < -0.4 is 0 Å². The molecular formula is C7H12O3. The fourth-order valence-electron chi connectivity index (χ4n) is 1.04. The normalized spacial score (nSPS) is 25.9.